The van der Waals surface area contributed by atoms with Crippen LogP contribution in [0.1, 0.15) is 28.1 Å². The number of rotatable bonds is 7. The van der Waals surface area contributed by atoms with Gasteiger partial charge in [-0.1, -0.05) is 0 Å². The standard InChI is InChI=1S/C12H17N3O4S/c1-7-5-9(20-6-7)10(16)15-8(11(17)18)3-2-4-14-12(13)19/h5-6,8H,2-4H2,1H3,(H,15,16)(H,17,18)(H3,13,14,19). The Morgan fingerprint density at radius 2 is 2.15 bits per heavy atom. The summed E-state index contributed by atoms with van der Waals surface area (Å²) in [4.78, 5) is 33.9. The molecular weight excluding hydrogens is 282 g/mol. The first kappa shape index (κ1) is 16.0. The van der Waals surface area contributed by atoms with Crippen LogP contribution in [0.25, 0.3) is 0 Å². The topological polar surface area (TPSA) is 122 Å². The number of carbonyl (C=O) groups excluding carboxylic acids is 2. The van der Waals surface area contributed by atoms with Crippen LogP contribution >= 0.6 is 11.3 Å². The lowest BCUT2D eigenvalue weighted by molar-refractivity contribution is -0.139. The number of primary amides is 1. The first-order valence-corrected chi connectivity index (χ1v) is 6.90. The summed E-state index contributed by atoms with van der Waals surface area (Å²) in [7, 11) is 0. The number of aryl methyl sites for hydroxylation is 1. The highest BCUT2D eigenvalue weighted by atomic mass is 32.1. The second-order valence-corrected chi connectivity index (χ2v) is 5.20. The van der Waals surface area contributed by atoms with Gasteiger partial charge in [0.15, 0.2) is 0 Å². The SMILES string of the molecule is Cc1csc(C(=O)NC(CCCNC(N)=O)C(=O)O)c1. The minimum Gasteiger partial charge on any atom is -0.480 e. The van der Waals surface area contributed by atoms with Crippen LogP contribution in [0.5, 0.6) is 0 Å². The van der Waals surface area contributed by atoms with Crippen molar-refractivity contribution < 1.29 is 19.5 Å². The first-order valence-electron chi connectivity index (χ1n) is 6.02. The van der Waals surface area contributed by atoms with E-state index < -0.39 is 23.9 Å². The number of amides is 3. The summed E-state index contributed by atoms with van der Waals surface area (Å²) in [5.74, 6) is -1.51. The number of urea groups is 1. The van der Waals surface area contributed by atoms with E-state index in [-0.39, 0.29) is 13.0 Å². The highest BCUT2D eigenvalue weighted by molar-refractivity contribution is 7.12. The summed E-state index contributed by atoms with van der Waals surface area (Å²) >= 11 is 1.27. The molecule has 0 saturated heterocycles. The number of nitrogens with one attached hydrogen (secondary N) is 2. The molecule has 1 aromatic heterocycles. The van der Waals surface area contributed by atoms with Gasteiger partial charge in [0.1, 0.15) is 6.04 Å². The lowest BCUT2D eigenvalue weighted by atomic mass is 10.1. The number of aliphatic carboxylic acids is 1. The van der Waals surface area contributed by atoms with Gasteiger partial charge in [-0.05, 0) is 36.8 Å². The van der Waals surface area contributed by atoms with E-state index in [9.17, 15) is 14.4 Å². The minimum atomic E-state index is -1.11. The Balaban J connectivity index is 2.48. The maximum atomic E-state index is 11.9. The van der Waals surface area contributed by atoms with Crippen molar-refractivity contribution in [2.75, 3.05) is 6.54 Å². The van der Waals surface area contributed by atoms with Gasteiger partial charge in [0.2, 0.25) is 0 Å². The minimum absolute atomic E-state index is 0.214. The molecular formula is C12H17N3O4S. The van der Waals surface area contributed by atoms with Crippen LogP contribution in [0.15, 0.2) is 11.4 Å². The molecule has 0 spiro atoms. The molecule has 5 N–H and O–H groups in total. The molecule has 1 rings (SSSR count). The van der Waals surface area contributed by atoms with Crippen molar-refractivity contribution in [3.05, 3.63) is 21.9 Å². The molecule has 110 valence electrons. The number of carboxylic acid groups (broad SMARTS) is 1. The van der Waals surface area contributed by atoms with Gasteiger partial charge < -0.3 is 21.5 Å². The van der Waals surface area contributed by atoms with Crippen LogP contribution in [0.3, 0.4) is 0 Å². The second-order valence-electron chi connectivity index (χ2n) is 4.29. The molecule has 0 aliphatic heterocycles. The van der Waals surface area contributed by atoms with E-state index in [1.54, 1.807) is 6.07 Å². The number of thiophene rings is 1. The molecule has 0 saturated carbocycles. The van der Waals surface area contributed by atoms with Crippen LogP contribution in [0.4, 0.5) is 4.79 Å². The Morgan fingerprint density at radius 3 is 2.65 bits per heavy atom. The molecule has 7 nitrogen and oxygen atoms in total. The number of hydrogen-bond donors (Lipinski definition) is 4. The Bertz CT molecular complexity index is 501. The molecule has 3 amide bonds. The Kier molecular flexibility index (Phi) is 5.98. The molecule has 8 heteroatoms. The summed E-state index contributed by atoms with van der Waals surface area (Å²) in [6.45, 7) is 2.13. The zero-order valence-corrected chi connectivity index (χ0v) is 11.8. The monoisotopic (exact) mass is 299 g/mol. The highest BCUT2D eigenvalue weighted by Crippen LogP contribution is 2.13. The molecule has 1 heterocycles. The van der Waals surface area contributed by atoms with Gasteiger partial charge in [-0.15, -0.1) is 11.3 Å². The number of hydrogen-bond acceptors (Lipinski definition) is 4. The summed E-state index contributed by atoms with van der Waals surface area (Å²) in [5, 5.41) is 15.7. The van der Waals surface area contributed by atoms with Crippen molar-refractivity contribution >= 4 is 29.2 Å². The van der Waals surface area contributed by atoms with Gasteiger partial charge in [-0.3, -0.25) is 4.79 Å². The average molecular weight is 299 g/mol. The molecule has 0 bridgehead atoms. The predicted octanol–water partition coefficient (Wildman–Crippen LogP) is 0.688. The van der Waals surface area contributed by atoms with Crippen LogP contribution in [0, 0.1) is 6.92 Å². The maximum absolute atomic E-state index is 11.9. The van der Waals surface area contributed by atoms with Gasteiger partial charge in [-0.25, -0.2) is 9.59 Å². The van der Waals surface area contributed by atoms with Crippen molar-refractivity contribution in [3.8, 4) is 0 Å². The number of carboxylic acids is 1. The van der Waals surface area contributed by atoms with Gasteiger partial charge in [0.25, 0.3) is 5.91 Å². The summed E-state index contributed by atoms with van der Waals surface area (Å²) < 4.78 is 0. The fourth-order valence-corrected chi connectivity index (χ4v) is 2.36. The van der Waals surface area contributed by atoms with Gasteiger partial charge in [0, 0.05) is 6.54 Å². The fraction of sp³-hybridized carbons (Fsp3) is 0.417. The molecule has 1 unspecified atom stereocenters. The van der Waals surface area contributed by atoms with E-state index in [4.69, 9.17) is 10.8 Å². The smallest absolute Gasteiger partial charge is 0.326 e. The highest BCUT2D eigenvalue weighted by Gasteiger charge is 2.20. The third kappa shape index (κ3) is 5.27. The van der Waals surface area contributed by atoms with E-state index in [0.29, 0.717) is 11.3 Å². The molecule has 0 aliphatic carbocycles. The van der Waals surface area contributed by atoms with Crippen molar-refractivity contribution in [1.29, 1.82) is 0 Å². The first-order chi connectivity index (χ1) is 9.40. The van der Waals surface area contributed by atoms with Crippen molar-refractivity contribution in [2.45, 2.75) is 25.8 Å². The number of nitrogens with two attached hydrogens (primary N) is 1. The molecule has 0 radical (unpaired) electrons. The molecule has 1 aromatic rings. The maximum Gasteiger partial charge on any atom is 0.326 e. The third-order valence-corrected chi connectivity index (χ3v) is 3.57. The van der Waals surface area contributed by atoms with E-state index in [1.807, 2.05) is 12.3 Å². The van der Waals surface area contributed by atoms with Crippen LogP contribution in [-0.2, 0) is 4.79 Å². The fourth-order valence-electron chi connectivity index (χ4n) is 1.55. The zero-order chi connectivity index (χ0) is 15.1. The van der Waals surface area contributed by atoms with Crippen molar-refractivity contribution in [1.82, 2.24) is 10.6 Å². The Morgan fingerprint density at radius 1 is 1.45 bits per heavy atom. The Hall–Kier alpha value is -2.09. The van der Waals surface area contributed by atoms with E-state index in [2.05, 4.69) is 10.6 Å². The van der Waals surface area contributed by atoms with Gasteiger partial charge in [-0.2, -0.15) is 0 Å². The predicted molar refractivity (Wildman–Crippen MR) is 74.8 cm³/mol. The molecule has 0 fully saturated rings. The largest absolute Gasteiger partial charge is 0.480 e. The third-order valence-electron chi connectivity index (χ3n) is 2.53. The number of carbonyl (C=O) groups is 3. The lowest BCUT2D eigenvalue weighted by Crippen LogP contribution is -2.41. The van der Waals surface area contributed by atoms with Crippen LogP contribution in [-0.4, -0.2) is 35.6 Å². The van der Waals surface area contributed by atoms with Gasteiger partial charge >= 0.3 is 12.0 Å². The normalized spacial score (nSPS) is 11.7. The van der Waals surface area contributed by atoms with Crippen molar-refractivity contribution in [3.63, 3.8) is 0 Å². The zero-order valence-electron chi connectivity index (χ0n) is 11.0. The summed E-state index contributed by atoms with van der Waals surface area (Å²) in [5.41, 5.74) is 5.85. The molecule has 1 atom stereocenters. The van der Waals surface area contributed by atoms with E-state index >= 15 is 0 Å². The molecule has 0 aliphatic rings. The van der Waals surface area contributed by atoms with E-state index in [0.717, 1.165) is 5.56 Å². The molecule has 20 heavy (non-hydrogen) atoms. The van der Waals surface area contributed by atoms with Crippen molar-refractivity contribution in [2.24, 2.45) is 5.73 Å². The van der Waals surface area contributed by atoms with E-state index in [1.165, 1.54) is 11.3 Å². The quantitative estimate of drug-likeness (QED) is 0.553. The Labute approximate surface area is 120 Å². The second kappa shape index (κ2) is 7.49. The molecule has 0 aromatic carbocycles. The summed E-state index contributed by atoms with van der Waals surface area (Å²) in [6, 6.07) is 0.0580. The van der Waals surface area contributed by atoms with Gasteiger partial charge in [0.05, 0.1) is 4.88 Å². The summed E-state index contributed by atoms with van der Waals surface area (Å²) in [6.07, 6.45) is 0.620. The van der Waals surface area contributed by atoms with Crippen LogP contribution in [0.2, 0.25) is 0 Å². The lowest BCUT2D eigenvalue weighted by Gasteiger charge is -2.13. The average Bonchev–Trinajstić information content (AvgIpc) is 2.79. The van der Waals surface area contributed by atoms with Crippen LogP contribution < -0.4 is 16.4 Å².